The van der Waals surface area contributed by atoms with Crippen molar-refractivity contribution in [1.29, 1.82) is 0 Å². The summed E-state index contributed by atoms with van der Waals surface area (Å²) in [5.74, 6) is 1.29. The zero-order valence-electron chi connectivity index (χ0n) is 15.9. The lowest BCUT2D eigenvalue weighted by Gasteiger charge is -2.35. The van der Waals surface area contributed by atoms with Crippen molar-refractivity contribution in [2.75, 3.05) is 13.1 Å². The van der Waals surface area contributed by atoms with Gasteiger partial charge in [0.2, 0.25) is 5.91 Å². The van der Waals surface area contributed by atoms with E-state index in [1.54, 1.807) is 11.7 Å². The first kappa shape index (κ1) is 17.7. The van der Waals surface area contributed by atoms with E-state index in [2.05, 4.69) is 15.0 Å². The number of amides is 2. The van der Waals surface area contributed by atoms with E-state index in [0.29, 0.717) is 31.1 Å². The van der Waals surface area contributed by atoms with Crippen LogP contribution in [0.15, 0.2) is 17.1 Å². The van der Waals surface area contributed by atoms with Crippen LogP contribution in [-0.4, -0.2) is 55.7 Å². The Bertz CT molecular complexity index is 911. The van der Waals surface area contributed by atoms with E-state index in [9.17, 15) is 9.59 Å². The van der Waals surface area contributed by atoms with Crippen LogP contribution in [-0.2, 0) is 11.3 Å². The van der Waals surface area contributed by atoms with Crippen molar-refractivity contribution in [3.8, 4) is 0 Å². The number of hydrogen-bond donors (Lipinski definition) is 0. The number of aromatic nitrogens is 3. The van der Waals surface area contributed by atoms with Crippen LogP contribution in [0.4, 0.5) is 0 Å². The Morgan fingerprint density at radius 2 is 2.00 bits per heavy atom. The van der Waals surface area contributed by atoms with Gasteiger partial charge in [-0.3, -0.25) is 9.59 Å². The molecular weight excluding hydrogens is 374 g/mol. The van der Waals surface area contributed by atoms with E-state index < -0.39 is 0 Å². The first-order valence-electron chi connectivity index (χ1n) is 9.90. The highest BCUT2D eigenvalue weighted by atomic mass is 32.1. The first-order valence-corrected chi connectivity index (χ1v) is 10.8. The predicted octanol–water partition coefficient (Wildman–Crippen LogP) is 2.38. The molecule has 1 aliphatic carbocycles. The Hall–Kier alpha value is -2.35. The highest BCUT2D eigenvalue weighted by molar-refractivity contribution is 7.07. The third kappa shape index (κ3) is 3.19. The Morgan fingerprint density at radius 3 is 2.71 bits per heavy atom. The minimum Gasteiger partial charge on any atom is -0.336 e. The van der Waals surface area contributed by atoms with Gasteiger partial charge in [-0.25, -0.2) is 15.0 Å². The fraction of sp³-hybridized carbons (Fsp3) is 0.550. The number of piperidine rings is 1. The van der Waals surface area contributed by atoms with E-state index in [1.807, 2.05) is 22.1 Å². The van der Waals surface area contributed by atoms with Crippen LogP contribution in [0, 0.1) is 12.8 Å². The van der Waals surface area contributed by atoms with Crippen molar-refractivity contribution >= 4 is 23.2 Å². The molecule has 0 unspecified atom stereocenters. The van der Waals surface area contributed by atoms with Crippen LogP contribution in [0.3, 0.4) is 0 Å². The molecule has 2 aromatic heterocycles. The van der Waals surface area contributed by atoms with Gasteiger partial charge in [-0.15, -0.1) is 11.3 Å². The molecule has 2 bridgehead atoms. The molecule has 0 radical (unpaired) electrons. The standard InChI is InChI=1S/C20H23N5O2S/c1-12-17(6-21-18(23-12)13-2-3-13)20(27)24-7-14-4-5-16(9-24)25(19(14)26)8-15-10-28-11-22-15/h6,10-11,13-14,16H,2-5,7-9H2,1H3/t14-,16+/m0/s1. The first-order chi connectivity index (χ1) is 13.6. The summed E-state index contributed by atoms with van der Waals surface area (Å²) < 4.78 is 0. The second-order valence-electron chi connectivity index (χ2n) is 8.09. The van der Waals surface area contributed by atoms with Gasteiger partial charge in [0.1, 0.15) is 5.82 Å². The number of fused-ring (bicyclic) bond motifs is 4. The summed E-state index contributed by atoms with van der Waals surface area (Å²) in [4.78, 5) is 43.3. The maximum absolute atomic E-state index is 13.2. The molecular formula is C20H23N5O2S. The molecule has 2 amide bonds. The third-order valence-electron chi connectivity index (χ3n) is 6.07. The van der Waals surface area contributed by atoms with Gasteiger partial charge >= 0.3 is 0 Å². The summed E-state index contributed by atoms with van der Waals surface area (Å²) in [5, 5.41) is 1.98. The Balaban J connectivity index is 1.37. The van der Waals surface area contributed by atoms with E-state index in [-0.39, 0.29) is 23.8 Å². The average Bonchev–Trinajstić information content (AvgIpc) is 3.47. The van der Waals surface area contributed by atoms with Gasteiger partial charge in [0, 0.05) is 36.6 Å². The predicted molar refractivity (Wildman–Crippen MR) is 104 cm³/mol. The van der Waals surface area contributed by atoms with Crippen molar-refractivity contribution < 1.29 is 9.59 Å². The average molecular weight is 398 g/mol. The molecule has 7 nitrogen and oxygen atoms in total. The van der Waals surface area contributed by atoms with Crippen LogP contribution in [0.25, 0.3) is 0 Å². The van der Waals surface area contributed by atoms with Gasteiger partial charge < -0.3 is 9.80 Å². The molecule has 8 heteroatoms. The molecule has 6 rings (SSSR count). The second kappa shape index (κ2) is 6.92. The number of thiazole rings is 1. The van der Waals surface area contributed by atoms with E-state index in [1.165, 1.54) is 11.3 Å². The SMILES string of the molecule is Cc1nc(C2CC2)ncc1C(=O)N1C[C@@H]2CC[C@H](C1)N(Cc1cscn1)C2=O. The van der Waals surface area contributed by atoms with Crippen LogP contribution >= 0.6 is 11.3 Å². The van der Waals surface area contributed by atoms with E-state index in [0.717, 1.165) is 42.9 Å². The summed E-state index contributed by atoms with van der Waals surface area (Å²) in [7, 11) is 0. The monoisotopic (exact) mass is 397 g/mol. The zero-order chi connectivity index (χ0) is 19.3. The summed E-state index contributed by atoms with van der Waals surface area (Å²) >= 11 is 1.54. The Morgan fingerprint density at radius 1 is 1.18 bits per heavy atom. The molecule has 4 fully saturated rings. The maximum Gasteiger partial charge on any atom is 0.257 e. The lowest BCUT2D eigenvalue weighted by Crippen LogP contribution is -2.47. The highest BCUT2D eigenvalue weighted by Crippen LogP contribution is 2.38. The zero-order valence-corrected chi connectivity index (χ0v) is 16.7. The normalized spacial score (nSPS) is 24.5. The van der Waals surface area contributed by atoms with Crippen molar-refractivity contribution in [1.82, 2.24) is 24.8 Å². The Kier molecular flexibility index (Phi) is 4.38. The maximum atomic E-state index is 13.2. The van der Waals surface area contributed by atoms with Crippen LogP contribution in [0.1, 0.15) is 59.2 Å². The highest BCUT2D eigenvalue weighted by Gasteiger charge is 2.42. The lowest BCUT2D eigenvalue weighted by molar-refractivity contribution is -0.140. The molecule has 0 aromatic carbocycles. The molecule has 0 N–H and O–H groups in total. The summed E-state index contributed by atoms with van der Waals surface area (Å²) in [6.07, 6.45) is 5.73. The summed E-state index contributed by atoms with van der Waals surface area (Å²) in [5.41, 5.74) is 4.01. The molecule has 28 heavy (non-hydrogen) atoms. The number of carbonyl (C=O) groups is 2. The van der Waals surface area contributed by atoms with Crippen molar-refractivity contribution in [3.05, 3.63) is 39.9 Å². The van der Waals surface area contributed by atoms with E-state index >= 15 is 0 Å². The van der Waals surface area contributed by atoms with E-state index in [4.69, 9.17) is 0 Å². The number of rotatable bonds is 4. The van der Waals surface area contributed by atoms with Crippen LogP contribution < -0.4 is 0 Å². The molecule has 3 aliphatic heterocycles. The summed E-state index contributed by atoms with van der Waals surface area (Å²) in [6.45, 7) is 3.46. The van der Waals surface area contributed by atoms with Crippen LogP contribution in [0.5, 0.6) is 0 Å². The molecule has 4 aliphatic rings. The van der Waals surface area contributed by atoms with Crippen LogP contribution in [0.2, 0.25) is 0 Å². The minimum absolute atomic E-state index is 0.0452. The van der Waals surface area contributed by atoms with Gasteiger partial charge in [-0.2, -0.15) is 0 Å². The van der Waals surface area contributed by atoms with Crippen molar-refractivity contribution in [2.45, 2.75) is 51.1 Å². The topological polar surface area (TPSA) is 79.3 Å². The smallest absolute Gasteiger partial charge is 0.257 e. The van der Waals surface area contributed by atoms with Crippen molar-refractivity contribution in [3.63, 3.8) is 0 Å². The van der Waals surface area contributed by atoms with Gasteiger partial charge in [-0.05, 0) is 32.6 Å². The number of hydrogen-bond acceptors (Lipinski definition) is 6. The van der Waals surface area contributed by atoms with Gasteiger partial charge in [0.25, 0.3) is 5.91 Å². The summed E-state index contributed by atoms with van der Waals surface area (Å²) in [6, 6.07) is 0.0452. The third-order valence-corrected chi connectivity index (χ3v) is 6.70. The van der Waals surface area contributed by atoms with Crippen molar-refractivity contribution in [2.24, 2.45) is 5.92 Å². The van der Waals surface area contributed by atoms with Gasteiger partial charge in [-0.1, -0.05) is 0 Å². The number of carbonyl (C=O) groups excluding carboxylic acids is 2. The Labute approximate surface area is 167 Å². The fourth-order valence-corrected chi connectivity index (χ4v) is 4.86. The van der Waals surface area contributed by atoms with Gasteiger partial charge in [0.15, 0.2) is 0 Å². The molecule has 3 saturated heterocycles. The van der Waals surface area contributed by atoms with Gasteiger partial charge in [0.05, 0.1) is 34.9 Å². The quantitative estimate of drug-likeness (QED) is 0.791. The fourth-order valence-electron chi connectivity index (χ4n) is 4.31. The molecule has 1 saturated carbocycles. The lowest BCUT2D eigenvalue weighted by atomic mass is 9.94. The second-order valence-corrected chi connectivity index (χ2v) is 8.80. The number of aryl methyl sites for hydroxylation is 1. The molecule has 2 atom stereocenters. The molecule has 2 aromatic rings. The molecule has 146 valence electrons. The largest absolute Gasteiger partial charge is 0.336 e. The minimum atomic E-state index is -0.131. The molecule has 0 spiro atoms. The molecule has 5 heterocycles. The number of nitrogens with zero attached hydrogens (tertiary/aromatic N) is 5.